The molecule has 0 radical (unpaired) electrons. The fourth-order valence-electron chi connectivity index (χ4n) is 7.48. The number of carbonyl (C=O) groups excluding carboxylic acids is 1. The molecule has 0 saturated heterocycles. The van der Waals surface area contributed by atoms with Crippen molar-refractivity contribution in [2.24, 2.45) is 28.6 Å². The zero-order valence-corrected chi connectivity index (χ0v) is 18.4. The van der Waals surface area contributed by atoms with Gasteiger partial charge in [0.15, 0.2) is 0 Å². The first-order chi connectivity index (χ1) is 14.4. The van der Waals surface area contributed by atoms with Gasteiger partial charge in [0.05, 0.1) is 6.10 Å². The predicted octanol–water partition coefficient (Wildman–Crippen LogP) is 5.62. The summed E-state index contributed by atoms with van der Waals surface area (Å²) in [6.45, 7) is 4.97. The smallest absolute Gasteiger partial charge is 0.255 e. The Kier molecular flexibility index (Phi) is 4.93. The van der Waals surface area contributed by atoms with E-state index in [-0.39, 0.29) is 17.4 Å². The number of aliphatic hydroxyl groups is 1. The Morgan fingerprint density at radius 1 is 1.10 bits per heavy atom. The first-order valence-electron chi connectivity index (χ1n) is 11.8. The van der Waals surface area contributed by atoms with Crippen LogP contribution in [0, 0.1) is 28.6 Å². The van der Waals surface area contributed by atoms with Gasteiger partial charge in [0.1, 0.15) is 0 Å². The SMILES string of the molecule is C[C@]12CC[C@H]3[C@@H](CC=C4CC(O)CC[C@@]43C)[C@@H]1C/C(=C/NC(=O)c1ccccc1)C2. The van der Waals surface area contributed by atoms with Crippen LogP contribution in [0.1, 0.15) is 75.6 Å². The minimum absolute atomic E-state index is 0.0143. The lowest BCUT2D eigenvalue weighted by atomic mass is 9.48. The average Bonchev–Trinajstić information content (AvgIpc) is 3.10. The molecule has 0 heterocycles. The molecule has 30 heavy (non-hydrogen) atoms. The number of amides is 1. The molecule has 1 unspecified atom stereocenters. The highest BCUT2D eigenvalue weighted by atomic mass is 16.3. The lowest BCUT2D eigenvalue weighted by molar-refractivity contribution is -0.0360. The monoisotopic (exact) mass is 405 g/mol. The maximum absolute atomic E-state index is 12.5. The van der Waals surface area contributed by atoms with Crippen molar-refractivity contribution >= 4 is 5.91 Å². The normalized spacial score (nSPS) is 41.4. The molecule has 0 bridgehead atoms. The van der Waals surface area contributed by atoms with Crippen molar-refractivity contribution in [1.82, 2.24) is 5.32 Å². The number of aliphatic hydroxyl groups excluding tert-OH is 1. The van der Waals surface area contributed by atoms with Gasteiger partial charge in [0.2, 0.25) is 0 Å². The van der Waals surface area contributed by atoms with Crippen LogP contribution in [0.25, 0.3) is 0 Å². The number of rotatable bonds is 2. The third-order valence-electron chi connectivity index (χ3n) is 9.15. The van der Waals surface area contributed by atoms with Crippen LogP contribution >= 0.6 is 0 Å². The van der Waals surface area contributed by atoms with Crippen molar-refractivity contribution < 1.29 is 9.90 Å². The molecule has 4 aliphatic rings. The molecule has 0 aromatic heterocycles. The molecule has 1 amide bonds. The summed E-state index contributed by atoms with van der Waals surface area (Å²) in [5.41, 5.74) is 4.31. The van der Waals surface area contributed by atoms with Crippen LogP contribution < -0.4 is 5.32 Å². The van der Waals surface area contributed by atoms with Gasteiger partial charge in [-0.1, -0.05) is 49.3 Å². The summed E-state index contributed by atoms with van der Waals surface area (Å²) in [7, 11) is 0. The van der Waals surface area contributed by atoms with Gasteiger partial charge in [-0.15, -0.1) is 0 Å². The second-order valence-corrected chi connectivity index (χ2v) is 10.9. The highest BCUT2D eigenvalue weighted by molar-refractivity contribution is 5.94. The van der Waals surface area contributed by atoms with Gasteiger partial charge in [-0.05, 0) is 92.1 Å². The lowest BCUT2D eigenvalue weighted by Gasteiger charge is -2.57. The molecule has 2 N–H and O–H groups in total. The molecule has 6 atom stereocenters. The molecule has 4 aliphatic carbocycles. The minimum atomic E-state index is -0.135. The molecule has 3 heteroatoms. The summed E-state index contributed by atoms with van der Waals surface area (Å²) < 4.78 is 0. The molecule has 3 nitrogen and oxygen atoms in total. The quantitative estimate of drug-likeness (QED) is 0.627. The molecule has 5 rings (SSSR count). The zero-order valence-electron chi connectivity index (χ0n) is 18.4. The maximum atomic E-state index is 12.5. The second kappa shape index (κ2) is 7.37. The highest BCUT2D eigenvalue weighted by Gasteiger charge is 2.56. The second-order valence-electron chi connectivity index (χ2n) is 10.9. The molecule has 0 spiro atoms. The first-order valence-corrected chi connectivity index (χ1v) is 11.8. The van der Waals surface area contributed by atoms with E-state index in [9.17, 15) is 9.90 Å². The fourth-order valence-corrected chi connectivity index (χ4v) is 7.48. The molecular weight excluding hydrogens is 370 g/mol. The average molecular weight is 406 g/mol. The largest absolute Gasteiger partial charge is 0.393 e. The third kappa shape index (κ3) is 3.26. The van der Waals surface area contributed by atoms with Gasteiger partial charge in [-0.2, -0.15) is 0 Å². The summed E-state index contributed by atoms with van der Waals surface area (Å²) >= 11 is 0. The highest BCUT2D eigenvalue weighted by Crippen LogP contribution is 2.65. The Morgan fingerprint density at radius 3 is 2.70 bits per heavy atom. The predicted molar refractivity (Wildman–Crippen MR) is 120 cm³/mol. The fraction of sp³-hybridized carbons (Fsp3) is 0.593. The number of carbonyl (C=O) groups is 1. The maximum Gasteiger partial charge on any atom is 0.255 e. The van der Waals surface area contributed by atoms with Gasteiger partial charge in [-0.3, -0.25) is 4.79 Å². The van der Waals surface area contributed by atoms with E-state index in [0.717, 1.165) is 43.9 Å². The number of nitrogens with one attached hydrogen (secondary N) is 1. The summed E-state index contributed by atoms with van der Waals surface area (Å²) in [6.07, 6.45) is 13.4. The van der Waals surface area contributed by atoms with E-state index in [1.165, 1.54) is 30.4 Å². The van der Waals surface area contributed by atoms with Crippen LogP contribution in [0.5, 0.6) is 0 Å². The minimum Gasteiger partial charge on any atom is -0.393 e. The van der Waals surface area contributed by atoms with E-state index in [4.69, 9.17) is 0 Å². The first kappa shape index (κ1) is 20.1. The standard InChI is InChI=1S/C27H35NO2/c1-26-12-11-23-22(9-8-20-15-21(29)10-13-27(20,23)2)24(26)14-18(16-26)17-28-25(30)19-6-4-3-5-7-19/h3-8,17,21-24,29H,9-16H2,1-2H3,(H,28,30)/b18-17-/t21?,22-,23+,24+,26-,27+/m1/s1. The van der Waals surface area contributed by atoms with Gasteiger partial charge in [-0.25, -0.2) is 0 Å². The Morgan fingerprint density at radius 2 is 1.90 bits per heavy atom. The summed E-state index contributed by atoms with van der Waals surface area (Å²) in [5, 5.41) is 13.2. The molecule has 160 valence electrons. The number of hydrogen-bond acceptors (Lipinski definition) is 2. The Labute approximate surface area is 180 Å². The van der Waals surface area contributed by atoms with Crippen LogP contribution in [0.3, 0.4) is 0 Å². The number of fused-ring (bicyclic) bond motifs is 5. The Hall–Kier alpha value is -1.87. The van der Waals surface area contributed by atoms with Crippen LogP contribution in [-0.2, 0) is 0 Å². The number of allylic oxidation sites excluding steroid dienone is 2. The van der Waals surface area contributed by atoms with Gasteiger partial charge < -0.3 is 10.4 Å². The van der Waals surface area contributed by atoms with Crippen LogP contribution in [0.4, 0.5) is 0 Å². The van der Waals surface area contributed by atoms with Crippen molar-refractivity contribution in [3.63, 3.8) is 0 Å². The van der Waals surface area contributed by atoms with Crippen molar-refractivity contribution in [3.8, 4) is 0 Å². The van der Waals surface area contributed by atoms with Crippen molar-refractivity contribution in [2.45, 2.75) is 71.3 Å². The summed E-state index contributed by atoms with van der Waals surface area (Å²) in [6, 6.07) is 9.47. The molecule has 3 fully saturated rings. The zero-order chi connectivity index (χ0) is 20.9. The lowest BCUT2D eigenvalue weighted by Crippen LogP contribution is -2.49. The van der Waals surface area contributed by atoms with Gasteiger partial charge in [0, 0.05) is 11.8 Å². The Balaban J connectivity index is 1.34. The topological polar surface area (TPSA) is 49.3 Å². The Bertz CT molecular complexity index is 887. The van der Waals surface area contributed by atoms with Crippen LogP contribution in [-0.4, -0.2) is 17.1 Å². The van der Waals surface area contributed by atoms with E-state index in [1.807, 2.05) is 36.5 Å². The van der Waals surface area contributed by atoms with E-state index in [2.05, 4.69) is 25.2 Å². The van der Waals surface area contributed by atoms with Crippen LogP contribution in [0.15, 0.2) is 53.8 Å². The van der Waals surface area contributed by atoms with Gasteiger partial charge >= 0.3 is 0 Å². The van der Waals surface area contributed by atoms with E-state index in [0.29, 0.717) is 16.9 Å². The molecule has 1 aromatic carbocycles. The molecular formula is C27H35NO2. The van der Waals surface area contributed by atoms with E-state index >= 15 is 0 Å². The van der Waals surface area contributed by atoms with Gasteiger partial charge in [0.25, 0.3) is 5.91 Å². The number of hydrogen-bond donors (Lipinski definition) is 2. The van der Waals surface area contributed by atoms with Crippen molar-refractivity contribution in [1.29, 1.82) is 0 Å². The molecule has 0 aliphatic heterocycles. The van der Waals surface area contributed by atoms with Crippen molar-refractivity contribution in [2.75, 3.05) is 0 Å². The van der Waals surface area contributed by atoms with Crippen LogP contribution in [0.2, 0.25) is 0 Å². The molecule has 1 aromatic rings. The molecule has 3 saturated carbocycles. The van der Waals surface area contributed by atoms with Crippen molar-refractivity contribution in [3.05, 3.63) is 59.3 Å². The number of benzene rings is 1. The van der Waals surface area contributed by atoms with E-state index in [1.54, 1.807) is 0 Å². The summed E-state index contributed by atoms with van der Waals surface area (Å²) in [5.74, 6) is 2.18. The summed E-state index contributed by atoms with van der Waals surface area (Å²) in [4.78, 5) is 12.5. The van der Waals surface area contributed by atoms with E-state index < -0.39 is 0 Å². The third-order valence-corrected chi connectivity index (χ3v) is 9.15.